The van der Waals surface area contributed by atoms with Crippen LogP contribution in [0.1, 0.15) is 38.8 Å². The lowest BCUT2D eigenvalue weighted by Crippen LogP contribution is -2.02. The molecule has 5 nitrogen and oxygen atoms in total. The van der Waals surface area contributed by atoms with Crippen LogP contribution in [0.25, 0.3) is 0 Å². The second kappa shape index (κ2) is 7.19. The summed E-state index contributed by atoms with van der Waals surface area (Å²) >= 11 is 0. The lowest BCUT2D eigenvalue weighted by atomic mass is 10.3. The number of nitrogens with zero attached hydrogens (tertiary/aromatic N) is 4. The van der Waals surface area contributed by atoms with Gasteiger partial charge in [0.25, 0.3) is 0 Å². The highest BCUT2D eigenvalue weighted by Crippen LogP contribution is 2.08. The first-order valence-corrected chi connectivity index (χ1v) is 6.49. The molecule has 0 bridgehead atoms. The minimum Gasteiger partial charge on any atom is -0.364 e. The van der Waals surface area contributed by atoms with Crippen LogP contribution >= 0.6 is 12.4 Å². The molecular weight excluding hydrogens is 262 g/mol. The lowest BCUT2D eigenvalue weighted by molar-refractivity contribution is 0.532. The molecular formula is C13H22ClN5. The van der Waals surface area contributed by atoms with Crippen molar-refractivity contribution in [2.75, 3.05) is 5.32 Å². The molecule has 0 aliphatic heterocycles. The Hall–Kier alpha value is -1.49. The zero-order valence-corrected chi connectivity index (χ0v) is 12.5. The zero-order chi connectivity index (χ0) is 13.0. The van der Waals surface area contributed by atoms with E-state index in [4.69, 9.17) is 0 Å². The van der Waals surface area contributed by atoms with Crippen molar-refractivity contribution in [3.05, 3.63) is 30.2 Å². The topological polar surface area (TPSA) is 47.7 Å². The van der Waals surface area contributed by atoms with E-state index >= 15 is 0 Å². The summed E-state index contributed by atoms with van der Waals surface area (Å²) in [7, 11) is 0. The summed E-state index contributed by atoms with van der Waals surface area (Å²) in [5.41, 5.74) is 1.17. The second-order valence-corrected chi connectivity index (χ2v) is 4.74. The maximum Gasteiger partial charge on any atom is 0.148 e. The van der Waals surface area contributed by atoms with Crippen LogP contribution in [0.5, 0.6) is 0 Å². The second-order valence-electron chi connectivity index (χ2n) is 4.74. The quantitative estimate of drug-likeness (QED) is 0.886. The minimum absolute atomic E-state index is 0. The molecule has 0 saturated carbocycles. The maximum absolute atomic E-state index is 4.44. The van der Waals surface area contributed by atoms with Crippen LogP contribution < -0.4 is 5.32 Å². The normalized spacial score (nSPS) is 10.5. The number of hydrogen-bond donors (Lipinski definition) is 1. The van der Waals surface area contributed by atoms with Crippen molar-refractivity contribution in [1.29, 1.82) is 0 Å². The minimum atomic E-state index is 0. The Labute approximate surface area is 120 Å². The third kappa shape index (κ3) is 4.28. The molecule has 0 radical (unpaired) electrons. The average molecular weight is 284 g/mol. The molecule has 0 saturated heterocycles. The fourth-order valence-electron chi connectivity index (χ4n) is 1.75. The molecule has 0 amide bonds. The summed E-state index contributed by atoms with van der Waals surface area (Å²) in [5, 5.41) is 12.1. The molecule has 106 valence electrons. The van der Waals surface area contributed by atoms with Crippen molar-refractivity contribution in [3.8, 4) is 0 Å². The number of aromatic nitrogens is 4. The largest absolute Gasteiger partial charge is 0.364 e. The van der Waals surface area contributed by atoms with E-state index in [0.717, 1.165) is 25.3 Å². The number of hydrogen-bond acceptors (Lipinski definition) is 3. The van der Waals surface area contributed by atoms with Gasteiger partial charge in [0.1, 0.15) is 5.82 Å². The monoisotopic (exact) mass is 283 g/mol. The SMILES string of the molecule is CCCn1ccc(NCc2cnn(C(C)C)c2)n1.Cl. The maximum atomic E-state index is 4.44. The Kier molecular flexibility index (Phi) is 5.89. The Balaban J connectivity index is 0.00000180. The highest BCUT2D eigenvalue weighted by Gasteiger charge is 2.02. The molecule has 6 heteroatoms. The highest BCUT2D eigenvalue weighted by atomic mass is 35.5. The van der Waals surface area contributed by atoms with Crippen molar-refractivity contribution in [1.82, 2.24) is 19.6 Å². The molecule has 0 fully saturated rings. The van der Waals surface area contributed by atoms with Gasteiger partial charge in [0.05, 0.1) is 6.20 Å². The van der Waals surface area contributed by atoms with Crippen LogP contribution in [0.3, 0.4) is 0 Å². The summed E-state index contributed by atoms with van der Waals surface area (Å²) in [6, 6.07) is 2.41. The Morgan fingerprint density at radius 1 is 1.37 bits per heavy atom. The molecule has 0 aromatic carbocycles. The Bertz CT molecular complexity index is 489. The molecule has 0 spiro atoms. The Morgan fingerprint density at radius 3 is 2.79 bits per heavy atom. The molecule has 2 aromatic heterocycles. The summed E-state index contributed by atoms with van der Waals surface area (Å²) in [5.74, 6) is 0.917. The fourth-order valence-corrected chi connectivity index (χ4v) is 1.75. The number of anilines is 1. The van der Waals surface area contributed by atoms with Crippen LogP contribution in [-0.2, 0) is 13.1 Å². The molecule has 0 aliphatic rings. The first-order valence-electron chi connectivity index (χ1n) is 6.49. The smallest absolute Gasteiger partial charge is 0.148 e. The van der Waals surface area contributed by atoms with Gasteiger partial charge in [-0.05, 0) is 20.3 Å². The van der Waals surface area contributed by atoms with E-state index in [1.165, 1.54) is 5.56 Å². The molecule has 2 heterocycles. The van der Waals surface area contributed by atoms with Gasteiger partial charge in [0.15, 0.2) is 0 Å². The highest BCUT2D eigenvalue weighted by molar-refractivity contribution is 5.85. The van der Waals surface area contributed by atoms with Gasteiger partial charge >= 0.3 is 0 Å². The van der Waals surface area contributed by atoms with Gasteiger partial charge in [-0.1, -0.05) is 6.92 Å². The standard InChI is InChI=1S/C13H21N5.ClH/c1-4-6-17-7-5-13(16-17)14-8-12-9-15-18(10-12)11(2)3;/h5,7,9-11H,4,6,8H2,1-3H3,(H,14,16);1H. The molecule has 2 rings (SSSR count). The van der Waals surface area contributed by atoms with Gasteiger partial charge in [0.2, 0.25) is 0 Å². The molecule has 2 aromatic rings. The van der Waals surface area contributed by atoms with Crippen LogP contribution in [0, 0.1) is 0 Å². The van der Waals surface area contributed by atoms with Gasteiger partial charge in [0, 0.05) is 43.2 Å². The van der Waals surface area contributed by atoms with Crippen molar-refractivity contribution >= 4 is 18.2 Å². The summed E-state index contributed by atoms with van der Waals surface area (Å²) in [6.07, 6.45) is 7.07. The van der Waals surface area contributed by atoms with Gasteiger partial charge in [-0.15, -0.1) is 12.4 Å². The summed E-state index contributed by atoms with van der Waals surface area (Å²) < 4.78 is 3.92. The predicted octanol–water partition coefficient (Wildman–Crippen LogP) is 3.10. The van der Waals surface area contributed by atoms with Gasteiger partial charge in [-0.25, -0.2) is 0 Å². The van der Waals surface area contributed by atoms with E-state index in [1.807, 2.05) is 27.8 Å². The number of aryl methyl sites for hydroxylation is 1. The first-order chi connectivity index (χ1) is 8.69. The van der Waals surface area contributed by atoms with Gasteiger partial charge in [-0.2, -0.15) is 10.2 Å². The zero-order valence-electron chi connectivity index (χ0n) is 11.7. The molecule has 19 heavy (non-hydrogen) atoms. The van der Waals surface area contributed by atoms with Crippen LogP contribution in [0.2, 0.25) is 0 Å². The van der Waals surface area contributed by atoms with E-state index in [2.05, 4.69) is 42.5 Å². The van der Waals surface area contributed by atoms with Crippen LogP contribution in [-0.4, -0.2) is 19.6 Å². The molecule has 0 unspecified atom stereocenters. The molecule has 1 N–H and O–H groups in total. The van der Waals surface area contributed by atoms with E-state index in [9.17, 15) is 0 Å². The van der Waals surface area contributed by atoms with E-state index in [-0.39, 0.29) is 12.4 Å². The predicted molar refractivity (Wildman–Crippen MR) is 79.7 cm³/mol. The Morgan fingerprint density at radius 2 is 2.16 bits per heavy atom. The summed E-state index contributed by atoms with van der Waals surface area (Å²) in [6.45, 7) is 8.12. The average Bonchev–Trinajstić information content (AvgIpc) is 2.95. The number of nitrogens with one attached hydrogen (secondary N) is 1. The van der Waals surface area contributed by atoms with Crippen molar-refractivity contribution in [2.24, 2.45) is 0 Å². The van der Waals surface area contributed by atoms with Gasteiger partial charge < -0.3 is 5.32 Å². The van der Waals surface area contributed by atoms with E-state index < -0.39 is 0 Å². The fraction of sp³-hybridized carbons (Fsp3) is 0.538. The van der Waals surface area contributed by atoms with Gasteiger partial charge in [-0.3, -0.25) is 9.36 Å². The molecule has 0 atom stereocenters. The number of rotatable bonds is 6. The first kappa shape index (κ1) is 15.6. The lowest BCUT2D eigenvalue weighted by Gasteiger charge is -2.03. The third-order valence-corrected chi connectivity index (χ3v) is 2.75. The van der Waals surface area contributed by atoms with Crippen molar-refractivity contribution in [3.63, 3.8) is 0 Å². The van der Waals surface area contributed by atoms with Crippen LogP contribution in [0.15, 0.2) is 24.7 Å². The third-order valence-electron chi connectivity index (χ3n) is 2.75. The molecule has 0 aliphatic carbocycles. The van der Waals surface area contributed by atoms with Crippen molar-refractivity contribution in [2.45, 2.75) is 46.3 Å². The number of halogens is 1. The van der Waals surface area contributed by atoms with Crippen molar-refractivity contribution < 1.29 is 0 Å². The van der Waals surface area contributed by atoms with E-state index in [0.29, 0.717) is 6.04 Å². The summed E-state index contributed by atoms with van der Waals surface area (Å²) in [4.78, 5) is 0. The van der Waals surface area contributed by atoms with E-state index in [1.54, 1.807) is 0 Å². The van der Waals surface area contributed by atoms with Crippen LogP contribution in [0.4, 0.5) is 5.82 Å².